The molecule has 3 N–H and O–H groups in total. The highest BCUT2D eigenvalue weighted by Crippen LogP contribution is 2.15. The Morgan fingerprint density at radius 2 is 1.50 bits per heavy atom. The molecule has 0 aliphatic heterocycles. The maximum atomic E-state index is 9.69. The Labute approximate surface area is 171 Å². The monoisotopic (exact) mass is 392 g/mol. The number of nitrogens with one attached hydrogen (secondary N) is 2. The summed E-state index contributed by atoms with van der Waals surface area (Å²) in [6.45, 7) is 0.531. The zero-order valence-electron chi connectivity index (χ0n) is 15.5. The molecular formula is C23H24N2O2S. The minimum absolute atomic E-state index is 0.0110. The summed E-state index contributed by atoms with van der Waals surface area (Å²) in [6, 6.07) is 27.5. The number of hydrogen-bond donors (Lipinski definition) is 3. The van der Waals surface area contributed by atoms with E-state index in [1.807, 2.05) is 84.9 Å². The molecule has 0 spiro atoms. The van der Waals surface area contributed by atoms with Crippen molar-refractivity contribution < 1.29 is 9.84 Å². The van der Waals surface area contributed by atoms with Crippen molar-refractivity contribution >= 4 is 23.0 Å². The summed E-state index contributed by atoms with van der Waals surface area (Å²) < 4.78 is 5.81. The first-order chi connectivity index (χ1) is 13.7. The first-order valence-electron chi connectivity index (χ1n) is 9.22. The molecule has 144 valence electrons. The zero-order chi connectivity index (χ0) is 19.6. The molecule has 0 aliphatic rings. The van der Waals surface area contributed by atoms with Crippen LogP contribution in [0.2, 0.25) is 0 Å². The lowest BCUT2D eigenvalue weighted by atomic mass is 10.1. The summed E-state index contributed by atoms with van der Waals surface area (Å²) in [4.78, 5) is 0. The van der Waals surface area contributed by atoms with Crippen molar-refractivity contribution in [1.29, 1.82) is 0 Å². The largest absolute Gasteiger partial charge is 0.489 e. The quantitative estimate of drug-likeness (QED) is 0.503. The molecule has 1 atom stereocenters. The standard InChI is InChI=1S/C23H24N2O2S/c26-16-21(25-23(28)24-20-9-5-2-6-10-20)15-18-11-13-22(14-12-18)27-17-19-7-3-1-4-8-19/h1-14,21,26H,15-17H2,(H2,24,25,28)/t21-/m0/s1. The first-order valence-corrected chi connectivity index (χ1v) is 9.63. The van der Waals surface area contributed by atoms with Gasteiger partial charge in [-0.1, -0.05) is 60.7 Å². The molecule has 0 radical (unpaired) electrons. The van der Waals surface area contributed by atoms with Crippen molar-refractivity contribution in [3.05, 3.63) is 96.1 Å². The molecule has 5 heteroatoms. The molecule has 0 aromatic heterocycles. The van der Waals surface area contributed by atoms with Crippen molar-refractivity contribution in [2.24, 2.45) is 0 Å². The number of anilines is 1. The van der Waals surface area contributed by atoms with Crippen molar-refractivity contribution in [3.63, 3.8) is 0 Å². The molecule has 0 unspecified atom stereocenters. The van der Waals surface area contributed by atoms with Gasteiger partial charge in [0.25, 0.3) is 0 Å². The Balaban J connectivity index is 1.49. The summed E-state index contributed by atoms with van der Waals surface area (Å²) in [7, 11) is 0. The summed E-state index contributed by atoms with van der Waals surface area (Å²) >= 11 is 5.34. The molecule has 3 rings (SSSR count). The van der Waals surface area contributed by atoms with E-state index in [0.29, 0.717) is 18.1 Å². The Hall–Kier alpha value is -2.89. The lowest BCUT2D eigenvalue weighted by molar-refractivity contribution is 0.255. The predicted molar refractivity (Wildman–Crippen MR) is 118 cm³/mol. The summed E-state index contributed by atoms with van der Waals surface area (Å²) in [6.07, 6.45) is 0.659. The molecule has 3 aromatic rings. The van der Waals surface area contributed by atoms with Gasteiger partial charge in [0.15, 0.2) is 5.11 Å². The van der Waals surface area contributed by atoms with E-state index in [1.54, 1.807) is 0 Å². The van der Waals surface area contributed by atoms with Crippen LogP contribution in [0.1, 0.15) is 11.1 Å². The van der Waals surface area contributed by atoms with Crippen LogP contribution in [0.15, 0.2) is 84.9 Å². The van der Waals surface area contributed by atoms with Crippen LogP contribution in [0.25, 0.3) is 0 Å². The predicted octanol–water partition coefficient (Wildman–Crippen LogP) is 4.16. The Kier molecular flexibility index (Phi) is 7.41. The second kappa shape index (κ2) is 10.4. The lowest BCUT2D eigenvalue weighted by Crippen LogP contribution is -2.41. The van der Waals surface area contributed by atoms with E-state index in [4.69, 9.17) is 17.0 Å². The van der Waals surface area contributed by atoms with Crippen LogP contribution in [0.4, 0.5) is 5.69 Å². The fourth-order valence-corrected chi connectivity index (χ4v) is 3.07. The van der Waals surface area contributed by atoms with Crippen LogP contribution < -0.4 is 15.4 Å². The molecule has 4 nitrogen and oxygen atoms in total. The molecule has 0 aliphatic carbocycles. The van der Waals surface area contributed by atoms with E-state index in [1.165, 1.54) is 0 Å². The summed E-state index contributed by atoms with van der Waals surface area (Å²) in [5, 5.41) is 16.5. The average Bonchev–Trinajstić information content (AvgIpc) is 2.74. The second-order valence-corrected chi connectivity index (χ2v) is 6.87. The third-order valence-corrected chi connectivity index (χ3v) is 4.46. The fraction of sp³-hybridized carbons (Fsp3) is 0.174. The van der Waals surface area contributed by atoms with Gasteiger partial charge in [-0.2, -0.15) is 0 Å². The molecule has 0 fully saturated rings. The van der Waals surface area contributed by atoms with E-state index in [0.717, 1.165) is 22.6 Å². The van der Waals surface area contributed by atoms with Gasteiger partial charge in [0, 0.05) is 5.69 Å². The number of rotatable bonds is 8. The highest BCUT2D eigenvalue weighted by molar-refractivity contribution is 7.80. The average molecular weight is 393 g/mol. The molecule has 3 aromatic carbocycles. The number of thiocarbonyl (C=S) groups is 1. The van der Waals surface area contributed by atoms with Gasteiger partial charge in [0.05, 0.1) is 12.6 Å². The molecule has 0 heterocycles. The van der Waals surface area contributed by atoms with Gasteiger partial charge < -0.3 is 20.5 Å². The van der Waals surface area contributed by atoms with Crippen LogP contribution in [0, 0.1) is 0 Å². The summed E-state index contributed by atoms with van der Waals surface area (Å²) in [5.41, 5.74) is 3.15. The first kappa shape index (κ1) is 19.9. The van der Waals surface area contributed by atoms with Gasteiger partial charge in [-0.05, 0) is 54.0 Å². The van der Waals surface area contributed by atoms with Crippen molar-refractivity contribution in [2.75, 3.05) is 11.9 Å². The number of aliphatic hydroxyl groups is 1. The molecule has 0 bridgehead atoms. The third kappa shape index (κ3) is 6.37. The van der Waals surface area contributed by atoms with Crippen molar-refractivity contribution in [3.8, 4) is 5.75 Å². The number of hydrogen-bond acceptors (Lipinski definition) is 3. The fourth-order valence-electron chi connectivity index (χ4n) is 2.78. The number of ether oxygens (including phenoxy) is 1. The Morgan fingerprint density at radius 1 is 0.857 bits per heavy atom. The molecule has 0 saturated carbocycles. The second-order valence-electron chi connectivity index (χ2n) is 6.47. The Bertz CT molecular complexity index is 855. The number of para-hydroxylation sites is 1. The van der Waals surface area contributed by atoms with E-state index in [2.05, 4.69) is 10.6 Å². The number of aliphatic hydroxyl groups excluding tert-OH is 1. The van der Waals surface area contributed by atoms with Crippen LogP contribution >= 0.6 is 12.2 Å². The van der Waals surface area contributed by atoms with Crippen LogP contribution in [0.3, 0.4) is 0 Å². The maximum absolute atomic E-state index is 9.69. The van der Waals surface area contributed by atoms with Gasteiger partial charge >= 0.3 is 0 Å². The molecular weight excluding hydrogens is 368 g/mol. The summed E-state index contributed by atoms with van der Waals surface area (Å²) in [5.74, 6) is 0.822. The normalized spacial score (nSPS) is 11.5. The minimum atomic E-state index is -0.167. The molecule has 28 heavy (non-hydrogen) atoms. The smallest absolute Gasteiger partial charge is 0.171 e. The van der Waals surface area contributed by atoms with Crippen LogP contribution in [0.5, 0.6) is 5.75 Å². The Morgan fingerprint density at radius 3 is 2.14 bits per heavy atom. The third-order valence-electron chi connectivity index (χ3n) is 4.24. The van der Waals surface area contributed by atoms with Gasteiger partial charge in [-0.25, -0.2) is 0 Å². The van der Waals surface area contributed by atoms with Crippen molar-refractivity contribution in [2.45, 2.75) is 19.1 Å². The van der Waals surface area contributed by atoms with E-state index in [-0.39, 0.29) is 12.6 Å². The van der Waals surface area contributed by atoms with Gasteiger partial charge in [0.2, 0.25) is 0 Å². The zero-order valence-corrected chi connectivity index (χ0v) is 16.4. The van der Waals surface area contributed by atoms with Gasteiger partial charge in [0.1, 0.15) is 12.4 Å². The van der Waals surface area contributed by atoms with Gasteiger partial charge in [-0.15, -0.1) is 0 Å². The van der Waals surface area contributed by atoms with Crippen molar-refractivity contribution in [1.82, 2.24) is 5.32 Å². The topological polar surface area (TPSA) is 53.5 Å². The van der Waals surface area contributed by atoms with E-state index >= 15 is 0 Å². The minimum Gasteiger partial charge on any atom is -0.489 e. The molecule has 0 amide bonds. The lowest BCUT2D eigenvalue weighted by Gasteiger charge is -2.19. The number of benzene rings is 3. The molecule has 0 saturated heterocycles. The van der Waals surface area contributed by atoms with Gasteiger partial charge in [-0.3, -0.25) is 0 Å². The highest BCUT2D eigenvalue weighted by atomic mass is 32.1. The van der Waals surface area contributed by atoms with E-state index in [9.17, 15) is 5.11 Å². The van der Waals surface area contributed by atoms with Crippen LogP contribution in [-0.2, 0) is 13.0 Å². The van der Waals surface area contributed by atoms with E-state index < -0.39 is 0 Å². The highest BCUT2D eigenvalue weighted by Gasteiger charge is 2.10. The maximum Gasteiger partial charge on any atom is 0.171 e. The van der Waals surface area contributed by atoms with Crippen LogP contribution in [-0.4, -0.2) is 22.9 Å². The SMILES string of the molecule is OC[C@H](Cc1ccc(OCc2ccccc2)cc1)NC(=S)Nc1ccccc1.